The van der Waals surface area contributed by atoms with E-state index < -0.39 is 10.0 Å². The second kappa shape index (κ2) is 8.49. The fraction of sp³-hybridized carbons (Fsp3) is 0.105. The molecule has 2 heterocycles. The number of hydrogen-bond acceptors (Lipinski definition) is 6. The monoisotopic (exact) mass is 397 g/mol. The van der Waals surface area contributed by atoms with Crippen LogP contribution in [-0.2, 0) is 21.4 Å². The summed E-state index contributed by atoms with van der Waals surface area (Å²) in [6.45, 7) is 1.97. The van der Waals surface area contributed by atoms with Crippen molar-refractivity contribution < 1.29 is 13.2 Å². The summed E-state index contributed by atoms with van der Waals surface area (Å²) in [5, 5.41) is 5.74. The summed E-state index contributed by atoms with van der Waals surface area (Å²) in [6, 6.07) is 13.0. The minimum Gasteiger partial charge on any atom is -0.366 e. The van der Waals surface area contributed by atoms with E-state index in [0.717, 1.165) is 5.56 Å². The number of carbonyl (C=O) groups is 1. The predicted molar refractivity (Wildman–Crippen MR) is 107 cm³/mol. The molecule has 3 N–H and O–H groups in total. The van der Waals surface area contributed by atoms with Crippen molar-refractivity contribution in [3.05, 3.63) is 72.7 Å². The smallest absolute Gasteiger partial charge is 0.261 e. The Labute approximate surface area is 163 Å². The van der Waals surface area contributed by atoms with Gasteiger partial charge in [0.25, 0.3) is 10.0 Å². The maximum Gasteiger partial charge on any atom is 0.261 e. The molecule has 2 aromatic heterocycles. The molecule has 1 aromatic carbocycles. The third-order valence-corrected chi connectivity index (χ3v) is 5.12. The van der Waals surface area contributed by atoms with Crippen LogP contribution in [0.25, 0.3) is 0 Å². The van der Waals surface area contributed by atoms with E-state index >= 15 is 0 Å². The standard InChI is InChI=1S/C19H19N5O3S/c1-14(25)23-16-2-5-18(6-3-16)28(26,27)24-17-4-7-19(22-13-17)21-12-15-8-10-20-11-9-15/h2-11,13,24H,12H2,1H3,(H,21,22)(H,23,25). The molecule has 28 heavy (non-hydrogen) atoms. The SMILES string of the molecule is CC(=O)Nc1ccc(S(=O)(=O)Nc2ccc(NCc3ccncc3)nc2)cc1. The number of benzene rings is 1. The van der Waals surface area contributed by atoms with Gasteiger partial charge in [-0.3, -0.25) is 14.5 Å². The highest BCUT2D eigenvalue weighted by atomic mass is 32.2. The first-order chi connectivity index (χ1) is 13.4. The molecule has 0 saturated heterocycles. The number of carbonyl (C=O) groups excluding carboxylic acids is 1. The van der Waals surface area contributed by atoms with Gasteiger partial charge in [0.05, 0.1) is 16.8 Å². The molecule has 144 valence electrons. The highest BCUT2D eigenvalue weighted by Gasteiger charge is 2.14. The van der Waals surface area contributed by atoms with Gasteiger partial charge in [0, 0.05) is 31.5 Å². The van der Waals surface area contributed by atoms with Gasteiger partial charge in [0.2, 0.25) is 5.91 Å². The third-order valence-electron chi connectivity index (χ3n) is 3.72. The second-order valence-electron chi connectivity index (χ2n) is 5.95. The Kier molecular flexibility index (Phi) is 5.85. The van der Waals surface area contributed by atoms with Crippen LogP contribution < -0.4 is 15.4 Å². The molecule has 0 spiro atoms. The van der Waals surface area contributed by atoms with E-state index in [1.54, 1.807) is 24.5 Å². The van der Waals surface area contributed by atoms with Crippen LogP contribution in [0.5, 0.6) is 0 Å². The zero-order chi connectivity index (χ0) is 20.0. The first kappa shape index (κ1) is 19.3. The molecule has 0 aliphatic heterocycles. The first-order valence-electron chi connectivity index (χ1n) is 8.42. The lowest BCUT2D eigenvalue weighted by molar-refractivity contribution is -0.114. The summed E-state index contributed by atoms with van der Waals surface area (Å²) in [6.07, 6.45) is 4.87. The first-order valence-corrected chi connectivity index (χ1v) is 9.90. The van der Waals surface area contributed by atoms with Gasteiger partial charge in [-0.2, -0.15) is 0 Å². The van der Waals surface area contributed by atoms with Crippen molar-refractivity contribution in [1.29, 1.82) is 0 Å². The lowest BCUT2D eigenvalue weighted by atomic mass is 10.3. The Morgan fingerprint density at radius 2 is 1.64 bits per heavy atom. The number of hydrogen-bond donors (Lipinski definition) is 3. The van der Waals surface area contributed by atoms with Crippen molar-refractivity contribution in [2.24, 2.45) is 0 Å². The molecule has 8 nitrogen and oxygen atoms in total. The minimum atomic E-state index is -3.76. The van der Waals surface area contributed by atoms with Crippen molar-refractivity contribution >= 4 is 33.1 Å². The van der Waals surface area contributed by atoms with Gasteiger partial charge < -0.3 is 10.6 Å². The van der Waals surface area contributed by atoms with Crippen LogP contribution in [0.3, 0.4) is 0 Å². The molecule has 0 aliphatic carbocycles. The van der Waals surface area contributed by atoms with Gasteiger partial charge in [0.1, 0.15) is 5.82 Å². The maximum absolute atomic E-state index is 12.5. The van der Waals surface area contributed by atoms with Gasteiger partial charge in [-0.25, -0.2) is 13.4 Å². The largest absolute Gasteiger partial charge is 0.366 e. The molecule has 0 aliphatic rings. The molecule has 9 heteroatoms. The maximum atomic E-state index is 12.5. The normalized spacial score (nSPS) is 10.9. The van der Waals surface area contributed by atoms with Crippen LogP contribution in [0.2, 0.25) is 0 Å². The molecule has 0 fully saturated rings. The minimum absolute atomic E-state index is 0.0847. The second-order valence-corrected chi connectivity index (χ2v) is 7.63. The molecule has 1 amide bonds. The number of aromatic nitrogens is 2. The molecule has 3 rings (SSSR count). The topological polar surface area (TPSA) is 113 Å². The van der Waals surface area contributed by atoms with Gasteiger partial charge in [0.15, 0.2) is 0 Å². The van der Waals surface area contributed by atoms with E-state index in [2.05, 4.69) is 25.3 Å². The highest BCUT2D eigenvalue weighted by Crippen LogP contribution is 2.19. The zero-order valence-corrected chi connectivity index (χ0v) is 15.9. The highest BCUT2D eigenvalue weighted by molar-refractivity contribution is 7.92. The quantitative estimate of drug-likeness (QED) is 0.565. The van der Waals surface area contributed by atoms with Crippen LogP contribution >= 0.6 is 0 Å². The summed E-state index contributed by atoms with van der Waals surface area (Å²) >= 11 is 0. The van der Waals surface area contributed by atoms with E-state index in [4.69, 9.17) is 0 Å². The van der Waals surface area contributed by atoms with Crippen molar-refractivity contribution in [2.75, 3.05) is 15.4 Å². The number of nitrogens with zero attached hydrogens (tertiary/aromatic N) is 2. The molecule has 0 saturated carbocycles. The van der Waals surface area contributed by atoms with Crippen LogP contribution in [0.15, 0.2) is 72.0 Å². The lowest BCUT2D eigenvalue weighted by Gasteiger charge is -2.10. The summed E-state index contributed by atoms with van der Waals surface area (Å²) in [4.78, 5) is 19.3. The van der Waals surface area contributed by atoms with E-state index in [0.29, 0.717) is 23.7 Å². The number of sulfonamides is 1. The van der Waals surface area contributed by atoms with Gasteiger partial charge in [-0.05, 0) is 54.1 Å². The van der Waals surface area contributed by atoms with Crippen molar-refractivity contribution in [3.8, 4) is 0 Å². The summed E-state index contributed by atoms with van der Waals surface area (Å²) in [7, 11) is -3.76. The zero-order valence-electron chi connectivity index (χ0n) is 15.1. The predicted octanol–water partition coefficient (Wildman–Crippen LogP) is 2.85. The van der Waals surface area contributed by atoms with Crippen LogP contribution in [0, 0.1) is 0 Å². The van der Waals surface area contributed by atoms with Gasteiger partial charge in [-0.1, -0.05) is 0 Å². The number of anilines is 3. The Bertz CT molecular complexity index is 1040. The molecule has 3 aromatic rings. The van der Waals surface area contributed by atoms with Gasteiger partial charge in [-0.15, -0.1) is 0 Å². The Morgan fingerprint density at radius 1 is 0.964 bits per heavy atom. The number of amides is 1. The van der Waals surface area contributed by atoms with Crippen molar-refractivity contribution in [3.63, 3.8) is 0 Å². The van der Waals surface area contributed by atoms with E-state index in [-0.39, 0.29) is 10.8 Å². The number of nitrogens with one attached hydrogen (secondary N) is 3. The fourth-order valence-electron chi connectivity index (χ4n) is 2.39. The van der Waals surface area contributed by atoms with Crippen molar-refractivity contribution in [2.45, 2.75) is 18.4 Å². The fourth-order valence-corrected chi connectivity index (χ4v) is 3.43. The van der Waals surface area contributed by atoms with Crippen molar-refractivity contribution in [1.82, 2.24) is 9.97 Å². The average molecular weight is 397 g/mol. The van der Waals surface area contributed by atoms with Crippen LogP contribution in [-0.4, -0.2) is 24.3 Å². The van der Waals surface area contributed by atoms with E-state index in [1.807, 2.05) is 12.1 Å². The van der Waals surface area contributed by atoms with E-state index in [9.17, 15) is 13.2 Å². The molecular formula is C19H19N5O3S. The summed E-state index contributed by atoms with van der Waals surface area (Å²) in [5.41, 5.74) is 1.93. The average Bonchev–Trinajstić information content (AvgIpc) is 2.68. The molecule has 0 unspecified atom stereocenters. The third kappa shape index (κ3) is 5.27. The van der Waals surface area contributed by atoms with Crippen LogP contribution in [0.4, 0.5) is 17.2 Å². The number of rotatable bonds is 7. The van der Waals surface area contributed by atoms with E-state index in [1.165, 1.54) is 37.4 Å². The Morgan fingerprint density at radius 3 is 2.25 bits per heavy atom. The van der Waals surface area contributed by atoms with Crippen LogP contribution in [0.1, 0.15) is 12.5 Å². The molecule has 0 bridgehead atoms. The van der Waals surface area contributed by atoms with Gasteiger partial charge >= 0.3 is 0 Å². The lowest BCUT2D eigenvalue weighted by Crippen LogP contribution is -2.13. The Hall–Kier alpha value is -3.46. The molecule has 0 atom stereocenters. The molecular weight excluding hydrogens is 378 g/mol. The summed E-state index contributed by atoms with van der Waals surface area (Å²) < 4.78 is 27.4. The molecule has 0 radical (unpaired) electrons. The Balaban J connectivity index is 1.63. The summed E-state index contributed by atoms with van der Waals surface area (Å²) in [5.74, 6) is 0.400. The number of pyridine rings is 2.